The maximum Gasteiger partial charge on any atom is 0.251 e. The minimum atomic E-state index is 0.0253. The Hall–Kier alpha value is -1.98. The van der Waals surface area contributed by atoms with Crippen LogP contribution < -0.4 is 15.4 Å². The van der Waals surface area contributed by atoms with Gasteiger partial charge in [-0.2, -0.15) is 0 Å². The Morgan fingerprint density at radius 2 is 2.00 bits per heavy atom. The molecule has 25 heavy (non-hydrogen) atoms. The maximum atomic E-state index is 12.5. The summed E-state index contributed by atoms with van der Waals surface area (Å²) in [5.41, 5.74) is 0.720. The molecule has 4 rings (SSSR count). The van der Waals surface area contributed by atoms with Gasteiger partial charge in [0.2, 0.25) is 0 Å². The monoisotopic (exact) mass is 354 g/mol. The van der Waals surface area contributed by atoms with Crippen molar-refractivity contribution >= 4 is 17.7 Å². The van der Waals surface area contributed by atoms with Crippen molar-refractivity contribution in [3.05, 3.63) is 54.1 Å². The van der Waals surface area contributed by atoms with Gasteiger partial charge in [-0.05, 0) is 67.8 Å². The summed E-state index contributed by atoms with van der Waals surface area (Å²) in [6, 6.07) is 16.5. The molecule has 130 valence electrons. The number of carbonyl (C=O) groups excluding carboxylic acids is 1. The molecular formula is C20H22N2O2S. The fraction of sp³-hybridized carbons (Fsp3) is 0.350. The Kier molecular flexibility index (Phi) is 4.68. The molecule has 1 aliphatic carbocycles. The zero-order chi connectivity index (χ0) is 17.2. The summed E-state index contributed by atoms with van der Waals surface area (Å²) in [7, 11) is 1.67. The van der Waals surface area contributed by atoms with Crippen molar-refractivity contribution in [2.75, 3.05) is 13.7 Å². The minimum absolute atomic E-state index is 0.0253. The molecule has 2 N–H and O–H groups in total. The molecule has 0 radical (unpaired) electrons. The third-order valence-corrected chi connectivity index (χ3v) is 6.04. The van der Waals surface area contributed by atoms with E-state index in [2.05, 4.69) is 16.7 Å². The fourth-order valence-electron chi connectivity index (χ4n) is 3.74. The lowest BCUT2D eigenvalue weighted by Gasteiger charge is -2.24. The Balaban J connectivity index is 1.38. The van der Waals surface area contributed by atoms with Gasteiger partial charge in [0.25, 0.3) is 5.91 Å². The zero-order valence-electron chi connectivity index (χ0n) is 14.2. The van der Waals surface area contributed by atoms with Crippen LogP contribution in [0.4, 0.5) is 0 Å². The van der Waals surface area contributed by atoms with Gasteiger partial charge in [-0.25, -0.2) is 0 Å². The van der Waals surface area contributed by atoms with E-state index >= 15 is 0 Å². The van der Waals surface area contributed by atoms with Crippen LogP contribution in [0, 0.1) is 5.92 Å². The molecule has 3 atom stereocenters. The molecule has 2 fully saturated rings. The summed E-state index contributed by atoms with van der Waals surface area (Å²) in [4.78, 5) is 14.7. The van der Waals surface area contributed by atoms with Crippen LogP contribution >= 0.6 is 11.8 Å². The molecule has 0 spiro atoms. The molecule has 2 bridgehead atoms. The van der Waals surface area contributed by atoms with Crippen LogP contribution in [0.1, 0.15) is 23.2 Å². The van der Waals surface area contributed by atoms with Crippen LogP contribution in [-0.2, 0) is 0 Å². The molecule has 1 saturated heterocycles. The second-order valence-corrected chi connectivity index (χ2v) is 7.88. The molecule has 3 unspecified atom stereocenters. The number of rotatable bonds is 5. The number of carbonyl (C=O) groups is 1. The highest BCUT2D eigenvalue weighted by atomic mass is 32.2. The number of ether oxygens (including phenoxy) is 1. The largest absolute Gasteiger partial charge is 0.497 e. The molecule has 2 aromatic carbocycles. The van der Waals surface area contributed by atoms with Gasteiger partial charge in [0.1, 0.15) is 5.75 Å². The zero-order valence-corrected chi connectivity index (χ0v) is 15.0. The van der Waals surface area contributed by atoms with E-state index in [0.29, 0.717) is 6.04 Å². The molecule has 2 aromatic rings. The van der Waals surface area contributed by atoms with E-state index in [1.807, 2.05) is 42.5 Å². The van der Waals surface area contributed by atoms with Crippen molar-refractivity contribution in [2.24, 2.45) is 5.92 Å². The van der Waals surface area contributed by atoms with E-state index in [9.17, 15) is 4.79 Å². The van der Waals surface area contributed by atoms with Crippen LogP contribution in [0.25, 0.3) is 0 Å². The van der Waals surface area contributed by atoms with Crippen LogP contribution in [0.3, 0.4) is 0 Å². The fourth-order valence-corrected chi connectivity index (χ4v) is 4.61. The van der Waals surface area contributed by atoms with Crippen molar-refractivity contribution in [1.29, 1.82) is 0 Å². The second-order valence-electron chi connectivity index (χ2n) is 6.74. The summed E-state index contributed by atoms with van der Waals surface area (Å²) in [6.07, 6.45) is 2.30. The van der Waals surface area contributed by atoms with E-state index in [-0.39, 0.29) is 11.9 Å². The quantitative estimate of drug-likeness (QED) is 0.865. The van der Waals surface area contributed by atoms with E-state index in [0.717, 1.165) is 40.0 Å². The maximum absolute atomic E-state index is 12.5. The highest BCUT2D eigenvalue weighted by Crippen LogP contribution is 2.32. The predicted octanol–water partition coefficient (Wildman–Crippen LogP) is 3.33. The number of benzene rings is 2. The van der Waals surface area contributed by atoms with Crippen molar-refractivity contribution in [3.63, 3.8) is 0 Å². The number of methoxy groups -OCH3 is 1. The first-order chi connectivity index (χ1) is 12.2. The summed E-state index contributed by atoms with van der Waals surface area (Å²) in [5.74, 6) is 1.61. The highest BCUT2D eigenvalue weighted by molar-refractivity contribution is 7.99. The van der Waals surface area contributed by atoms with Gasteiger partial charge in [0, 0.05) is 27.4 Å². The Labute approximate surface area is 152 Å². The van der Waals surface area contributed by atoms with Gasteiger partial charge in [-0.3, -0.25) is 4.79 Å². The summed E-state index contributed by atoms with van der Waals surface area (Å²) in [6.45, 7) is 1.10. The molecule has 1 aliphatic heterocycles. The van der Waals surface area contributed by atoms with Gasteiger partial charge in [-0.15, -0.1) is 0 Å². The van der Waals surface area contributed by atoms with Gasteiger partial charge < -0.3 is 15.4 Å². The smallest absolute Gasteiger partial charge is 0.251 e. The van der Waals surface area contributed by atoms with Crippen molar-refractivity contribution in [1.82, 2.24) is 10.6 Å². The standard InChI is InChI=1S/C20H22N2O2S/c1-24-15-3-2-4-17(11-15)25-16-7-5-14(6-8-16)20(23)22-19-10-13-9-18(19)21-12-13/h2-8,11,13,18-19,21H,9-10,12H2,1H3,(H,22,23). The molecule has 0 aromatic heterocycles. The van der Waals surface area contributed by atoms with Gasteiger partial charge >= 0.3 is 0 Å². The Bertz CT molecular complexity index is 763. The first kappa shape index (κ1) is 16.5. The van der Waals surface area contributed by atoms with E-state index < -0.39 is 0 Å². The molecule has 1 heterocycles. The molecule has 1 saturated carbocycles. The number of hydrogen-bond donors (Lipinski definition) is 2. The Morgan fingerprint density at radius 3 is 2.68 bits per heavy atom. The lowest BCUT2D eigenvalue weighted by molar-refractivity contribution is 0.0928. The van der Waals surface area contributed by atoms with Gasteiger partial charge in [0.15, 0.2) is 0 Å². The molecule has 5 heteroatoms. The van der Waals surface area contributed by atoms with Crippen molar-refractivity contribution in [3.8, 4) is 5.75 Å². The third kappa shape index (κ3) is 3.67. The average Bonchev–Trinajstić information content (AvgIpc) is 3.25. The summed E-state index contributed by atoms with van der Waals surface area (Å²) in [5, 5.41) is 6.67. The summed E-state index contributed by atoms with van der Waals surface area (Å²) < 4.78 is 5.26. The van der Waals surface area contributed by atoms with Crippen LogP contribution in [-0.4, -0.2) is 31.6 Å². The highest BCUT2D eigenvalue weighted by Gasteiger charge is 2.39. The number of amides is 1. The molecular weight excluding hydrogens is 332 g/mol. The molecule has 2 aliphatic rings. The van der Waals surface area contributed by atoms with E-state index in [1.54, 1.807) is 18.9 Å². The predicted molar refractivity (Wildman–Crippen MR) is 99.3 cm³/mol. The Morgan fingerprint density at radius 1 is 1.16 bits per heavy atom. The number of hydrogen-bond acceptors (Lipinski definition) is 4. The first-order valence-electron chi connectivity index (χ1n) is 8.67. The SMILES string of the molecule is COc1cccc(Sc2ccc(C(=O)NC3CC4CNC3C4)cc2)c1. The van der Waals surface area contributed by atoms with Crippen LogP contribution in [0.5, 0.6) is 5.75 Å². The number of piperidine rings is 1. The lowest BCUT2D eigenvalue weighted by atomic mass is 10.1. The van der Waals surface area contributed by atoms with Crippen LogP contribution in [0.15, 0.2) is 58.3 Å². The van der Waals surface area contributed by atoms with E-state index in [1.165, 1.54) is 6.42 Å². The van der Waals surface area contributed by atoms with Gasteiger partial charge in [0.05, 0.1) is 7.11 Å². The van der Waals surface area contributed by atoms with Crippen molar-refractivity contribution < 1.29 is 9.53 Å². The average molecular weight is 354 g/mol. The first-order valence-corrected chi connectivity index (χ1v) is 9.49. The van der Waals surface area contributed by atoms with Gasteiger partial charge in [-0.1, -0.05) is 17.8 Å². The lowest BCUT2D eigenvalue weighted by Crippen LogP contribution is -2.47. The second kappa shape index (κ2) is 7.10. The normalized spacial score (nSPS) is 24.3. The third-order valence-electron chi connectivity index (χ3n) is 5.04. The van der Waals surface area contributed by atoms with E-state index in [4.69, 9.17) is 4.74 Å². The summed E-state index contributed by atoms with van der Waals surface area (Å²) >= 11 is 1.66. The molecule has 1 amide bonds. The van der Waals surface area contributed by atoms with Crippen molar-refractivity contribution in [2.45, 2.75) is 34.7 Å². The number of fused-ring (bicyclic) bond motifs is 2. The minimum Gasteiger partial charge on any atom is -0.497 e. The van der Waals surface area contributed by atoms with Crippen LogP contribution in [0.2, 0.25) is 0 Å². The number of nitrogens with one attached hydrogen (secondary N) is 2. The topological polar surface area (TPSA) is 50.4 Å². The molecule has 4 nitrogen and oxygen atoms in total.